The Morgan fingerprint density at radius 1 is 1.38 bits per heavy atom. The first-order valence-corrected chi connectivity index (χ1v) is 9.46. The summed E-state index contributed by atoms with van der Waals surface area (Å²) in [6.07, 6.45) is 0. The van der Waals surface area contributed by atoms with E-state index >= 15 is 0 Å². The van der Waals surface area contributed by atoms with Gasteiger partial charge in [-0.1, -0.05) is 54.5 Å². The Balaban J connectivity index is 2.68. The normalized spacial score (nSPS) is 11.9. The van der Waals surface area contributed by atoms with Crippen molar-refractivity contribution >= 4 is 36.3 Å². The summed E-state index contributed by atoms with van der Waals surface area (Å²) in [5.74, 6) is 0.771. The van der Waals surface area contributed by atoms with Gasteiger partial charge in [0.15, 0.2) is 0 Å². The molecule has 0 unspecified atom stereocenters. The molecule has 0 heterocycles. The van der Waals surface area contributed by atoms with Gasteiger partial charge in [0.25, 0.3) is 0 Å². The van der Waals surface area contributed by atoms with Gasteiger partial charge in [0.2, 0.25) is 0 Å². The summed E-state index contributed by atoms with van der Waals surface area (Å²) in [7, 11) is -0.724. The Bertz CT molecular complexity index is 366. The summed E-state index contributed by atoms with van der Waals surface area (Å²) in [5.41, 5.74) is 0. The van der Waals surface area contributed by atoms with Crippen LogP contribution in [0.5, 0.6) is 5.75 Å². The van der Waals surface area contributed by atoms with Crippen molar-refractivity contribution in [3.05, 3.63) is 27.7 Å². The highest BCUT2D eigenvalue weighted by Crippen LogP contribution is 2.32. The summed E-state index contributed by atoms with van der Waals surface area (Å²) >= 11 is 9.47. The van der Waals surface area contributed by atoms with Crippen molar-refractivity contribution in [3.8, 4) is 5.75 Å². The van der Waals surface area contributed by atoms with Crippen LogP contribution in [0.2, 0.25) is 23.2 Å². The van der Waals surface area contributed by atoms with Gasteiger partial charge >= 0.3 is 0 Å². The van der Waals surface area contributed by atoms with Gasteiger partial charge in [0, 0.05) is 13.3 Å². The molecule has 0 N–H and O–H groups in total. The van der Waals surface area contributed by atoms with Crippen molar-refractivity contribution in [2.75, 3.05) is 6.61 Å². The molecule has 0 bridgehead atoms. The van der Waals surface area contributed by atoms with Crippen LogP contribution in [0, 0.1) is 0 Å². The Morgan fingerprint density at radius 3 is 2.50 bits per heavy atom. The molecule has 0 saturated heterocycles. The van der Waals surface area contributed by atoms with Crippen LogP contribution in [0.25, 0.3) is 0 Å². The highest BCUT2D eigenvalue weighted by Gasteiger charge is 2.24. The molecule has 0 fully saturated rings. The predicted octanol–water partition coefficient (Wildman–Crippen LogP) is 4.75. The molecule has 1 aromatic carbocycles. The average molecular weight is 322 g/mol. The molecule has 0 atom stereocenters. The Labute approximate surface area is 113 Å². The SMILES string of the molecule is C[SiH](C)C(C)(C)COc1ccc(Br)cc1Cl. The summed E-state index contributed by atoms with van der Waals surface area (Å²) in [4.78, 5) is 0. The monoisotopic (exact) mass is 320 g/mol. The summed E-state index contributed by atoms with van der Waals surface area (Å²) in [6, 6.07) is 5.71. The smallest absolute Gasteiger partial charge is 0.137 e. The zero-order valence-electron chi connectivity index (χ0n) is 10.2. The number of hydrogen-bond acceptors (Lipinski definition) is 1. The lowest BCUT2D eigenvalue weighted by atomic mass is 10.2. The third-order valence-corrected chi connectivity index (χ3v) is 7.14. The molecule has 0 aliphatic carbocycles. The second kappa shape index (κ2) is 5.56. The van der Waals surface area contributed by atoms with E-state index in [1.807, 2.05) is 18.2 Å². The topological polar surface area (TPSA) is 9.23 Å². The van der Waals surface area contributed by atoms with Crippen LogP contribution in [0.1, 0.15) is 13.8 Å². The first-order valence-electron chi connectivity index (χ1n) is 5.41. The molecule has 0 spiro atoms. The fourth-order valence-electron chi connectivity index (χ4n) is 1.02. The van der Waals surface area contributed by atoms with Crippen molar-refractivity contribution in [2.45, 2.75) is 32.0 Å². The van der Waals surface area contributed by atoms with Crippen LogP contribution in [0.4, 0.5) is 0 Å². The minimum atomic E-state index is -0.724. The second-order valence-corrected chi connectivity index (χ2v) is 10.2. The zero-order chi connectivity index (χ0) is 12.3. The zero-order valence-corrected chi connectivity index (χ0v) is 13.7. The molecule has 0 aliphatic rings. The molecule has 0 saturated carbocycles. The molecular weight excluding hydrogens is 304 g/mol. The molecule has 1 aromatic rings. The highest BCUT2D eigenvalue weighted by atomic mass is 79.9. The van der Waals surface area contributed by atoms with Gasteiger partial charge in [0.1, 0.15) is 5.75 Å². The lowest BCUT2D eigenvalue weighted by Gasteiger charge is -2.28. The fraction of sp³-hybridized carbons (Fsp3) is 0.500. The van der Waals surface area contributed by atoms with Crippen LogP contribution >= 0.6 is 27.5 Å². The first kappa shape index (κ1) is 14.1. The van der Waals surface area contributed by atoms with Gasteiger partial charge in [-0.05, 0) is 23.2 Å². The lowest BCUT2D eigenvalue weighted by molar-refractivity contribution is 0.276. The second-order valence-electron chi connectivity index (χ2n) is 5.01. The van der Waals surface area contributed by atoms with E-state index in [2.05, 4.69) is 42.9 Å². The Hall–Kier alpha value is 0.00688. The maximum absolute atomic E-state index is 6.09. The van der Waals surface area contributed by atoms with Crippen molar-refractivity contribution in [3.63, 3.8) is 0 Å². The minimum absolute atomic E-state index is 0.288. The van der Waals surface area contributed by atoms with Gasteiger partial charge in [-0.25, -0.2) is 0 Å². The van der Waals surface area contributed by atoms with Crippen LogP contribution in [0.3, 0.4) is 0 Å². The van der Waals surface area contributed by atoms with Crippen LogP contribution < -0.4 is 4.74 Å². The third-order valence-electron chi connectivity index (χ3n) is 3.06. The first-order chi connectivity index (χ1) is 7.33. The van der Waals surface area contributed by atoms with E-state index in [-0.39, 0.29) is 5.04 Å². The van der Waals surface area contributed by atoms with E-state index in [9.17, 15) is 0 Å². The van der Waals surface area contributed by atoms with Gasteiger partial charge < -0.3 is 4.74 Å². The number of halogens is 2. The average Bonchev–Trinajstić information content (AvgIpc) is 2.16. The van der Waals surface area contributed by atoms with Crippen LogP contribution in [0.15, 0.2) is 22.7 Å². The van der Waals surface area contributed by atoms with Crippen molar-refractivity contribution in [2.24, 2.45) is 0 Å². The van der Waals surface area contributed by atoms with E-state index in [1.54, 1.807) is 0 Å². The van der Waals surface area contributed by atoms with E-state index in [0.29, 0.717) is 5.02 Å². The summed E-state index contributed by atoms with van der Waals surface area (Å²) in [5, 5.41) is 0.951. The van der Waals surface area contributed by atoms with Gasteiger partial charge in [-0.3, -0.25) is 0 Å². The van der Waals surface area contributed by atoms with E-state index in [0.717, 1.165) is 16.8 Å². The van der Waals surface area contributed by atoms with Gasteiger partial charge in [0.05, 0.1) is 11.6 Å². The maximum atomic E-state index is 6.09. The number of benzene rings is 1. The number of ether oxygens (including phenoxy) is 1. The van der Waals surface area contributed by atoms with Crippen molar-refractivity contribution < 1.29 is 4.74 Å². The van der Waals surface area contributed by atoms with Crippen LogP contribution in [-0.2, 0) is 0 Å². The molecule has 90 valence electrons. The number of hydrogen-bond donors (Lipinski definition) is 0. The van der Waals surface area contributed by atoms with Crippen molar-refractivity contribution in [1.29, 1.82) is 0 Å². The molecule has 0 aliphatic heterocycles. The lowest BCUT2D eigenvalue weighted by Crippen LogP contribution is -2.27. The van der Waals surface area contributed by atoms with Crippen LogP contribution in [-0.4, -0.2) is 15.4 Å². The third kappa shape index (κ3) is 3.79. The molecule has 1 nitrogen and oxygen atoms in total. The highest BCUT2D eigenvalue weighted by molar-refractivity contribution is 9.10. The molecule has 0 aromatic heterocycles. The molecule has 4 heteroatoms. The molecule has 16 heavy (non-hydrogen) atoms. The largest absolute Gasteiger partial charge is 0.492 e. The van der Waals surface area contributed by atoms with E-state index in [4.69, 9.17) is 16.3 Å². The van der Waals surface area contributed by atoms with Gasteiger partial charge in [-0.2, -0.15) is 0 Å². The van der Waals surface area contributed by atoms with E-state index in [1.165, 1.54) is 0 Å². The predicted molar refractivity (Wildman–Crippen MR) is 77.6 cm³/mol. The van der Waals surface area contributed by atoms with Crippen molar-refractivity contribution in [1.82, 2.24) is 0 Å². The van der Waals surface area contributed by atoms with E-state index < -0.39 is 8.80 Å². The molecule has 0 amide bonds. The summed E-state index contributed by atoms with van der Waals surface area (Å²) in [6.45, 7) is 9.94. The van der Waals surface area contributed by atoms with Gasteiger partial charge in [-0.15, -0.1) is 0 Å². The maximum Gasteiger partial charge on any atom is 0.137 e. The summed E-state index contributed by atoms with van der Waals surface area (Å²) < 4.78 is 6.77. The Morgan fingerprint density at radius 2 is 2.00 bits per heavy atom. The molecule has 0 radical (unpaired) electrons. The standard InChI is InChI=1S/C12H18BrClOSi/c1-12(2,16(3)4)8-15-11-6-5-9(13)7-10(11)14/h5-7,16H,8H2,1-4H3. The Kier molecular flexibility index (Phi) is 4.89. The number of rotatable bonds is 4. The molecular formula is C12H18BrClOSi. The molecule has 1 rings (SSSR count). The fourth-order valence-corrected chi connectivity index (χ4v) is 2.17. The minimum Gasteiger partial charge on any atom is -0.492 e. The quantitative estimate of drug-likeness (QED) is 0.727.